The molecule has 0 bridgehead atoms. The Kier molecular flexibility index (Phi) is 12.9. The van der Waals surface area contributed by atoms with Gasteiger partial charge in [0.1, 0.15) is 5.58 Å². The van der Waals surface area contributed by atoms with E-state index >= 15 is 0 Å². The molecule has 0 aliphatic heterocycles. The molecule has 6 heteroatoms. The summed E-state index contributed by atoms with van der Waals surface area (Å²) in [7, 11) is 0. The molecule has 3 aromatic heterocycles. The van der Waals surface area contributed by atoms with Gasteiger partial charge < -0.3 is 14.4 Å². The summed E-state index contributed by atoms with van der Waals surface area (Å²) < 4.78 is 28.6. The molecule has 64 heavy (non-hydrogen) atoms. The van der Waals surface area contributed by atoms with Crippen LogP contribution in [0.25, 0.3) is 77.8 Å². The molecule has 0 aliphatic rings. The Labute approximate surface area is 391 Å². The van der Waals surface area contributed by atoms with E-state index in [1.807, 2.05) is 86.9 Å². The molecule has 6 aromatic carbocycles. The second-order valence-corrected chi connectivity index (χ2v) is 18.2. The second-order valence-electron chi connectivity index (χ2n) is 18.2. The third-order valence-electron chi connectivity index (χ3n) is 11.4. The Balaban J connectivity index is 0.000000295. The molecule has 0 fully saturated rings. The maximum Gasteiger partial charge on any atom is 0.130 e. The van der Waals surface area contributed by atoms with Crippen LogP contribution in [0, 0.1) is 29.3 Å². The number of hydrogen-bond acceptors (Lipinski definition) is 4. The summed E-state index contributed by atoms with van der Waals surface area (Å²) >= 11 is 0. The van der Waals surface area contributed by atoms with Gasteiger partial charge in [0.25, 0.3) is 0 Å². The van der Waals surface area contributed by atoms with Crippen molar-refractivity contribution >= 4 is 21.9 Å². The van der Waals surface area contributed by atoms with Crippen LogP contribution in [0.4, 0.5) is 4.39 Å². The van der Waals surface area contributed by atoms with Gasteiger partial charge in [0.15, 0.2) is 0 Å². The van der Waals surface area contributed by atoms with Crippen molar-refractivity contribution in [3.05, 3.63) is 192 Å². The number of rotatable bonds is 6. The van der Waals surface area contributed by atoms with Crippen molar-refractivity contribution in [2.24, 2.45) is 0 Å². The van der Waals surface area contributed by atoms with Gasteiger partial charge in [-0.2, -0.15) is 5.26 Å². The summed E-state index contributed by atoms with van der Waals surface area (Å²) in [5, 5.41) is 11.9. The first kappa shape index (κ1) is 44.1. The smallest absolute Gasteiger partial charge is 0.130 e. The number of nitriles is 1. The van der Waals surface area contributed by atoms with Crippen LogP contribution in [0.15, 0.2) is 156 Å². The Bertz CT molecular complexity index is 3130. The number of aromatic nitrogens is 2. The van der Waals surface area contributed by atoms with E-state index in [2.05, 4.69) is 125 Å². The third kappa shape index (κ3) is 9.53. The average Bonchev–Trinajstić information content (AvgIpc) is 3.68. The normalized spacial score (nSPS) is 11.9. The third-order valence-corrected chi connectivity index (χ3v) is 11.4. The Morgan fingerprint density at radius 1 is 0.656 bits per heavy atom. The monoisotopic (exact) mass is 1020 g/mol. The Hall–Kier alpha value is -6.51. The SMILES string of the molecule is CC(C)(C)c1ccc(-c2[c-]cc(F)cc2)nc1.[2H]C(C)(C)c1c[c-]c(-c2cc(-c3ccc(C(C)(C)C)cc3)ccn2)c2oc3c(-c4ccc(-c5ccccc5)cc4)c(C#N)ccc3c12.[Ir]. The Morgan fingerprint density at radius 3 is 1.91 bits per heavy atom. The number of nitrogens with zero attached hydrogens (tertiary/aromatic N) is 3. The fourth-order valence-electron chi connectivity index (χ4n) is 7.78. The molecule has 0 N–H and O–H groups in total. The van der Waals surface area contributed by atoms with E-state index < -0.39 is 5.89 Å². The largest absolute Gasteiger partial charge is 0.500 e. The van der Waals surface area contributed by atoms with Crippen molar-refractivity contribution in [3.8, 4) is 62.0 Å². The molecule has 0 atom stereocenters. The average molecular weight is 1020 g/mol. The van der Waals surface area contributed by atoms with Crippen LogP contribution in [0.3, 0.4) is 0 Å². The first-order chi connectivity index (χ1) is 30.5. The van der Waals surface area contributed by atoms with Gasteiger partial charge in [0.05, 0.1) is 17.2 Å². The van der Waals surface area contributed by atoms with Crippen molar-refractivity contribution < 1.29 is 30.3 Å². The van der Waals surface area contributed by atoms with Crippen LogP contribution < -0.4 is 0 Å². The van der Waals surface area contributed by atoms with Crippen LogP contribution in [0.2, 0.25) is 0 Å². The van der Waals surface area contributed by atoms with E-state index in [4.69, 9.17) is 10.8 Å². The number of hydrogen-bond donors (Lipinski definition) is 0. The van der Waals surface area contributed by atoms with Gasteiger partial charge in [-0.15, -0.1) is 47.5 Å². The molecule has 321 valence electrons. The maximum atomic E-state index is 12.8. The van der Waals surface area contributed by atoms with Crippen LogP contribution in [-0.4, -0.2) is 9.97 Å². The first-order valence-corrected chi connectivity index (χ1v) is 21.2. The summed E-state index contributed by atoms with van der Waals surface area (Å²) in [6, 6.07) is 54.1. The predicted octanol–water partition coefficient (Wildman–Crippen LogP) is 15.7. The minimum Gasteiger partial charge on any atom is -0.500 e. The molecule has 3 heterocycles. The summed E-state index contributed by atoms with van der Waals surface area (Å²) in [4.78, 5) is 9.16. The Morgan fingerprint density at radius 2 is 1.30 bits per heavy atom. The molecule has 0 amide bonds. The van der Waals surface area contributed by atoms with Crippen molar-refractivity contribution in [2.75, 3.05) is 0 Å². The molecule has 4 nitrogen and oxygen atoms in total. The van der Waals surface area contributed by atoms with Gasteiger partial charge >= 0.3 is 0 Å². The van der Waals surface area contributed by atoms with Gasteiger partial charge in [0.2, 0.25) is 0 Å². The van der Waals surface area contributed by atoms with Gasteiger partial charge in [-0.25, -0.2) is 0 Å². The zero-order chi connectivity index (χ0) is 45.4. The minimum atomic E-state index is -0.917. The molecule has 9 aromatic rings. The van der Waals surface area contributed by atoms with Gasteiger partial charge in [-0.3, -0.25) is 4.39 Å². The van der Waals surface area contributed by atoms with E-state index in [1.54, 1.807) is 6.07 Å². The molecular formula is C58H50FIrN3O-2. The van der Waals surface area contributed by atoms with Crippen molar-refractivity contribution in [3.63, 3.8) is 0 Å². The van der Waals surface area contributed by atoms with Crippen LogP contribution in [0.1, 0.15) is 84.9 Å². The first-order valence-electron chi connectivity index (χ1n) is 21.7. The summed E-state index contributed by atoms with van der Waals surface area (Å²) in [5.41, 5.74) is 14.3. The van der Waals surface area contributed by atoms with Crippen LogP contribution in [-0.2, 0) is 30.9 Å². The quantitative estimate of drug-likeness (QED) is 0.156. The maximum absolute atomic E-state index is 12.8. The standard InChI is InChI=1S/C43H35N2O.C15H15FN.Ir/c1-27(2)35-21-22-36(38-25-32(23-24-45-38)30-15-18-34(19-16-30)43(3,4)5)41-40(35)37-20-17-33(26-44)39(42(37)46-41)31-13-11-29(12-14-31)28-9-7-6-8-10-28;1-15(2,3)12-6-9-14(17-10-12)11-4-7-13(16)8-5-11;/h6-21,23-25,27H,1-5H3;4,6-10H,1-3H3;/q2*-1;/i27D;;. The molecule has 0 saturated heterocycles. The minimum absolute atomic E-state index is 0. The fourth-order valence-corrected chi connectivity index (χ4v) is 7.78. The van der Waals surface area contributed by atoms with E-state index in [1.165, 1.54) is 23.3 Å². The number of furan rings is 1. The summed E-state index contributed by atoms with van der Waals surface area (Å²) in [6.45, 7) is 16.8. The van der Waals surface area contributed by atoms with E-state index in [0.717, 1.165) is 72.2 Å². The van der Waals surface area contributed by atoms with Crippen molar-refractivity contribution in [1.82, 2.24) is 9.97 Å². The number of fused-ring (bicyclic) bond motifs is 3. The second kappa shape index (κ2) is 18.7. The van der Waals surface area contributed by atoms with Crippen LogP contribution in [0.5, 0.6) is 0 Å². The van der Waals surface area contributed by atoms with Gasteiger partial charge in [0, 0.05) is 50.6 Å². The molecule has 0 saturated carbocycles. The number of pyridine rings is 2. The van der Waals surface area contributed by atoms with E-state index in [9.17, 15) is 9.65 Å². The molecule has 9 rings (SSSR count). The summed E-state index contributed by atoms with van der Waals surface area (Å²) in [6.07, 6.45) is 3.69. The fraction of sp³-hybridized carbons (Fsp3) is 0.190. The molecular weight excluding hydrogens is 966 g/mol. The van der Waals surface area contributed by atoms with Gasteiger partial charge in [-0.05, 0) is 73.3 Å². The molecule has 0 aliphatic carbocycles. The predicted molar refractivity (Wildman–Crippen MR) is 257 cm³/mol. The van der Waals surface area contributed by atoms with E-state index in [0.29, 0.717) is 16.7 Å². The molecule has 0 unspecified atom stereocenters. The van der Waals surface area contributed by atoms with Crippen LogP contribution >= 0.6 is 0 Å². The topological polar surface area (TPSA) is 62.7 Å². The molecule has 1 radical (unpaired) electrons. The van der Waals surface area contributed by atoms with Crippen molar-refractivity contribution in [1.29, 1.82) is 5.26 Å². The zero-order valence-electron chi connectivity index (χ0n) is 38.4. The zero-order valence-corrected chi connectivity index (χ0v) is 39.8. The van der Waals surface area contributed by atoms with Gasteiger partial charge in [-0.1, -0.05) is 175 Å². The number of benzene rings is 6. The molecule has 0 spiro atoms. The summed E-state index contributed by atoms with van der Waals surface area (Å²) in [5.74, 6) is -1.19. The number of halogens is 1. The van der Waals surface area contributed by atoms with Crippen molar-refractivity contribution in [2.45, 2.75) is 72.1 Å². The van der Waals surface area contributed by atoms with E-state index in [-0.39, 0.29) is 36.8 Å².